The molecule has 0 saturated heterocycles. The van der Waals surface area contributed by atoms with Gasteiger partial charge in [0.25, 0.3) is 5.91 Å². The number of ether oxygens (including phenoxy) is 5. The molecular formula is C26H35N3O8. The number of rotatable bonds is 16. The van der Waals surface area contributed by atoms with Crippen molar-refractivity contribution in [3.63, 3.8) is 0 Å². The fourth-order valence-electron chi connectivity index (χ4n) is 3.01. The van der Waals surface area contributed by atoms with Gasteiger partial charge in [0.2, 0.25) is 5.95 Å². The SMILES string of the molecule is CC.COCCOCCOCCOCCOc1cc(C(=O)Nc2nc3ccc(C=O)cc3[nH]2)ccc1O. The Kier molecular flexibility index (Phi) is 13.7. The number of methoxy groups -OCH3 is 1. The van der Waals surface area contributed by atoms with Crippen LogP contribution < -0.4 is 10.1 Å². The molecule has 11 heteroatoms. The first-order valence-corrected chi connectivity index (χ1v) is 12.0. The van der Waals surface area contributed by atoms with Crippen molar-refractivity contribution in [2.45, 2.75) is 13.8 Å². The van der Waals surface area contributed by atoms with Crippen LogP contribution in [0.4, 0.5) is 5.95 Å². The minimum Gasteiger partial charge on any atom is -0.504 e. The van der Waals surface area contributed by atoms with Crippen LogP contribution in [0.25, 0.3) is 11.0 Å². The van der Waals surface area contributed by atoms with E-state index in [1.807, 2.05) is 13.8 Å². The van der Waals surface area contributed by atoms with E-state index in [0.717, 1.165) is 6.29 Å². The van der Waals surface area contributed by atoms with Crippen molar-refractivity contribution in [2.24, 2.45) is 0 Å². The second-order valence-corrected chi connectivity index (χ2v) is 7.29. The van der Waals surface area contributed by atoms with Crippen molar-refractivity contribution in [2.75, 3.05) is 65.3 Å². The summed E-state index contributed by atoms with van der Waals surface area (Å²) in [6.07, 6.45) is 0.734. The molecule has 0 fully saturated rings. The Labute approximate surface area is 216 Å². The molecule has 1 amide bonds. The summed E-state index contributed by atoms with van der Waals surface area (Å²) in [7, 11) is 1.62. The molecular weight excluding hydrogens is 482 g/mol. The Morgan fingerprint density at radius 1 is 0.946 bits per heavy atom. The van der Waals surface area contributed by atoms with Gasteiger partial charge in [0.15, 0.2) is 11.5 Å². The lowest BCUT2D eigenvalue weighted by Crippen LogP contribution is -2.14. The van der Waals surface area contributed by atoms with Crippen LogP contribution in [0, 0.1) is 0 Å². The lowest BCUT2D eigenvalue weighted by Gasteiger charge is -2.10. The predicted molar refractivity (Wildman–Crippen MR) is 139 cm³/mol. The minimum atomic E-state index is -0.441. The van der Waals surface area contributed by atoms with Gasteiger partial charge in [0, 0.05) is 18.2 Å². The molecule has 3 N–H and O–H groups in total. The number of aldehydes is 1. The highest BCUT2D eigenvalue weighted by Crippen LogP contribution is 2.27. The zero-order valence-electron chi connectivity index (χ0n) is 21.5. The molecule has 0 aliphatic heterocycles. The van der Waals surface area contributed by atoms with Crippen LogP contribution in [0.3, 0.4) is 0 Å². The molecule has 3 rings (SSSR count). The number of aromatic hydroxyl groups is 1. The van der Waals surface area contributed by atoms with Crippen molar-refractivity contribution in [3.05, 3.63) is 47.5 Å². The number of benzene rings is 2. The van der Waals surface area contributed by atoms with E-state index in [0.29, 0.717) is 56.2 Å². The summed E-state index contributed by atoms with van der Waals surface area (Å²) in [5.74, 6) is -0.140. The molecule has 0 bridgehead atoms. The fourth-order valence-corrected chi connectivity index (χ4v) is 3.01. The van der Waals surface area contributed by atoms with E-state index < -0.39 is 5.91 Å². The van der Waals surface area contributed by atoms with E-state index >= 15 is 0 Å². The number of imidazole rings is 1. The van der Waals surface area contributed by atoms with E-state index in [2.05, 4.69) is 15.3 Å². The van der Waals surface area contributed by atoms with Gasteiger partial charge in [0.05, 0.1) is 57.3 Å². The zero-order chi connectivity index (χ0) is 26.9. The highest BCUT2D eigenvalue weighted by atomic mass is 16.6. The maximum absolute atomic E-state index is 12.6. The number of carbonyl (C=O) groups is 2. The number of fused-ring (bicyclic) bond motifs is 1. The zero-order valence-corrected chi connectivity index (χ0v) is 21.5. The Balaban J connectivity index is 0.00000235. The molecule has 3 aromatic rings. The summed E-state index contributed by atoms with van der Waals surface area (Å²) in [6.45, 7) is 7.33. The first-order valence-electron chi connectivity index (χ1n) is 12.0. The summed E-state index contributed by atoms with van der Waals surface area (Å²) < 4.78 is 26.5. The number of anilines is 1. The van der Waals surface area contributed by atoms with Crippen LogP contribution in [0.2, 0.25) is 0 Å². The first-order chi connectivity index (χ1) is 18.1. The normalized spacial score (nSPS) is 10.6. The molecule has 1 heterocycles. The lowest BCUT2D eigenvalue weighted by molar-refractivity contribution is 0.0000838. The molecule has 0 spiro atoms. The molecule has 1 aromatic heterocycles. The topological polar surface area (TPSA) is 141 Å². The molecule has 2 aromatic carbocycles. The number of hydrogen-bond acceptors (Lipinski definition) is 9. The smallest absolute Gasteiger partial charge is 0.258 e. The van der Waals surface area contributed by atoms with E-state index in [9.17, 15) is 14.7 Å². The highest BCUT2D eigenvalue weighted by molar-refractivity contribution is 6.04. The third-order valence-corrected chi connectivity index (χ3v) is 4.76. The Morgan fingerprint density at radius 2 is 1.59 bits per heavy atom. The van der Waals surface area contributed by atoms with Gasteiger partial charge >= 0.3 is 0 Å². The number of nitrogens with zero attached hydrogens (tertiary/aromatic N) is 1. The van der Waals surface area contributed by atoms with Crippen LogP contribution in [0.15, 0.2) is 36.4 Å². The monoisotopic (exact) mass is 517 g/mol. The molecule has 202 valence electrons. The molecule has 0 atom stereocenters. The van der Waals surface area contributed by atoms with Crippen molar-refractivity contribution in [3.8, 4) is 11.5 Å². The van der Waals surface area contributed by atoms with Crippen LogP contribution in [-0.2, 0) is 18.9 Å². The van der Waals surface area contributed by atoms with E-state index in [4.69, 9.17) is 23.7 Å². The summed E-state index contributed by atoms with van der Waals surface area (Å²) in [4.78, 5) is 30.8. The number of phenols is 1. The molecule has 0 unspecified atom stereocenters. The number of H-pyrrole nitrogens is 1. The Bertz CT molecular complexity index is 1100. The quantitative estimate of drug-likeness (QED) is 0.192. The van der Waals surface area contributed by atoms with Gasteiger partial charge in [-0.1, -0.05) is 13.8 Å². The maximum atomic E-state index is 12.6. The van der Waals surface area contributed by atoms with Crippen molar-refractivity contribution in [1.82, 2.24) is 9.97 Å². The molecule has 0 aliphatic carbocycles. The minimum absolute atomic E-state index is 0.0940. The summed E-state index contributed by atoms with van der Waals surface area (Å²) >= 11 is 0. The van der Waals surface area contributed by atoms with Crippen molar-refractivity contribution >= 4 is 29.2 Å². The molecule has 0 radical (unpaired) electrons. The van der Waals surface area contributed by atoms with Crippen molar-refractivity contribution in [1.29, 1.82) is 0 Å². The summed E-state index contributed by atoms with van der Waals surface area (Å²) in [6, 6.07) is 9.25. The van der Waals surface area contributed by atoms with E-state index in [1.54, 1.807) is 25.3 Å². The summed E-state index contributed by atoms with van der Waals surface area (Å²) in [5.41, 5.74) is 2.01. The third-order valence-electron chi connectivity index (χ3n) is 4.76. The highest BCUT2D eigenvalue weighted by Gasteiger charge is 2.13. The van der Waals surface area contributed by atoms with Gasteiger partial charge in [-0.2, -0.15) is 0 Å². The van der Waals surface area contributed by atoms with Crippen LogP contribution in [0.1, 0.15) is 34.6 Å². The average Bonchev–Trinajstić information content (AvgIpc) is 3.32. The van der Waals surface area contributed by atoms with Crippen LogP contribution in [-0.4, -0.2) is 87.2 Å². The fraction of sp³-hybridized carbons (Fsp3) is 0.423. The van der Waals surface area contributed by atoms with E-state index in [1.165, 1.54) is 18.2 Å². The van der Waals surface area contributed by atoms with Crippen molar-refractivity contribution < 1.29 is 38.4 Å². The molecule has 37 heavy (non-hydrogen) atoms. The summed E-state index contributed by atoms with van der Waals surface area (Å²) in [5, 5.41) is 12.7. The number of nitrogens with one attached hydrogen (secondary N) is 2. The number of carbonyl (C=O) groups excluding carboxylic acids is 2. The Hall–Kier alpha value is -3.51. The number of aromatic amines is 1. The van der Waals surface area contributed by atoms with Gasteiger partial charge in [-0.05, 0) is 36.4 Å². The molecule has 11 nitrogen and oxygen atoms in total. The Morgan fingerprint density at radius 3 is 2.24 bits per heavy atom. The second kappa shape index (κ2) is 17.0. The average molecular weight is 518 g/mol. The second-order valence-electron chi connectivity index (χ2n) is 7.29. The van der Waals surface area contributed by atoms with Crippen LogP contribution >= 0.6 is 0 Å². The third kappa shape index (κ3) is 10.2. The van der Waals surface area contributed by atoms with Gasteiger partial charge in [-0.25, -0.2) is 4.98 Å². The number of amides is 1. The molecule has 0 saturated carbocycles. The van der Waals surface area contributed by atoms with Crippen LogP contribution in [0.5, 0.6) is 11.5 Å². The first kappa shape index (κ1) is 29.7. The lowest BCUT2D eigenvalue weighted by atomic mass is 10.2. The molecule has 0 aliphatic rings. The van der Waals surface area contributed by atoms with Gasteiger partial charge < -0.3 is 33.8 Å². The predicted octanol–water partition coefficient (Wildman–Crippen LogP) is 3.43. The number of phenolic OH excluding ortho intramolecular Hbond substituents is 1. The number of aromatic nitrogens is 2. The van der Waals surface area contributed by atoms with Gasteiger partial charge in [0.1, 0.15) is 12.9 Å². The van der Waals surface area contributed by atoms with E-state index in [-0.39, 0.29) is 36.2 Å². The maximum Gasteiger partial charge on any atom is 0.258 e. The largest absolute Gasteiger partial charge is 0.504 e. The van der Waals surface area contributed by atoms with Gasteiger partial charge in [-0.15, -0.1) is 0 Å². The van der Waals surface area contributed by atoms with Gasteiger partial charge in [-0.3, -0.25) is 14.9 Å². The number of hydrogen-bond donors (Lipinski definition) is 3. The standard InChI is InChI=1S/C24H29N3O8.C2H6/c1-31-6-7-32-8-9-33-10-11-34-12-13-35-22-15-18(3-5-21(22)29)23(30)27-24-25-19-4-2-17(16-28)14-20(19)26-24;1-2/h2-5,14-16,29H,6-13H2,1H3,(H2,25,26,27,30);1-2H3.